The lowest BCUT2D eigenvalue weighted by Gasteiger charge is -2.27. The third-order valence-electron chi connectivity index (χ3n) is 4.07. The van der Waals surface area contributed by atoms with Crippen molar-refractivity contribution in [3.8, 4) is 6.07 Å². The van der Waals surface area contributed by atoms with E-state index in [1.54, 1.807) is 12.3 Å². The van der Waals surface area contributed by atoms with E-state index in [0.29, 0.717) is 12.6 Å². The number of hydrogen-bond donors (Lipinski definition) is 1. The Labute approximate surface area is 126 Å². The Bertz CT molecular complexity index is 566. The van der Waals surface area contributed by atoms with Crippen LogP contribution in [0.4, 0.5) is 5.69 Å². The van der Waals surface area contributed by atoms with E-state index >= 15 is 0 Å². The molecular formula is C16H24N4O. The Morgan fingerprint density at radius 2 is 2.24 bits per heavy atom. The Morgan fingerprint density at radius 1 is 1.48 bits per heavy atom. The molecule has 1 fully saturated rings. The van der Waals surface area contributed by atoms with Crippen molar-refractivity contribution in [1.29, 1.82) is 5.26 Å². The summed E-state index contributed by atoms with van der Waals surface area (Å²) in [5, 5.41) is 16.5. The molecular weight excluding hydrogens is 264 g/mol. The van der Waals surface area contributed by atoms with Crippen LogP contribution in [0.5, 0.6) is 0 Å². The summed E-state index contributed by atoms with van der Waals surface area (Å²) >= 11 is 0. The number of hydrogen-bond acceptors (Lipinski definition) is 4. The van der Waals surface area contributed by atoms with Gasteiger partial charge < -0.3 is 5.32 Å². The third kappa shape index (κ3) is 4.59. The van der Waals surface area contributed by atoms with Gasteiger partial charge in [-0.15, -0.1) is 0 Å². The lowest BCUT2D eigenvalue weighted by molar-refractivity contribution is 0.408. The molecule has 1 aromatic heterocycles. The maximum atomic E-state index is 12.0. The van der Waals surface area contributed by atoms with Crippen LogP contribution in [-0.2, 0) is 6.54 Å². The van der Waals surface area contributed by atoms with Crippen molar-refractivity contribution >= 4 is 5.69 Å². The zero-order valence-corrected chi connectivity index (χ0v) is 12.9. The molecule has 1 aromatic rings. The summed E-state index contributed by atoms with van der Waals surface area (Å²) in [6, 6.07) is 4.43. The van der Waals surface area contributed by atoms with Crippen molar-refractivity contribution in [3.63, 3.8) is 0 Å². The van der Waals surface area contributed by atoms with Gasteiger partial charge in [0.1, 0.15) is 0 Å². The second-order valence-electron chi connectivity index (χ2n) is 6.53. The highest BCUT2D eigenvalue weighted by Gasteiger charge is 2.17. The van der Waals surface area contributed by atoms with E-state index < -0.39 is 0 Å². The minimum absolute atomic E-state index is 0.0566. The van der Waals surface area contributed by atoms with Crippen LogP contribution >= 0.6 is 0 Å². The first-order valence-electron chi connectivity index (χ1n) is 7.75. The SMILES string of the molecule is CC(C)(C#N)CCCCn1ncc(NC2CCC2)cc1=O. The van der Waals surface area contributed by atoms with Gasteiger partial charge in [0.25, 0.3) is 5.56 Å². The second-order valence-corrected chi connectivity index (χ2v) is 6.53. The molecule has 0 spiro atoms. The fourth-order valence-corrected chi connectivity index (χ4v) is 2.35. The molecule has 1 aliphatic carbocycles. The van der Waals surface area contributed by atoms with Crippen molar-refractivity contribution in [2.45, 2.75) is 65.0 Å². The highest BCUT2D eigenvalue weighted by atomic mass is 16.1. The van der Waals surface area contributed by atoms with Crippen LogP contribution < -0.4 is 10.9 Å². The standard InChI is InChI=1S/C16H24N4O/c1-16(2,12-17)8-3-4-9-20-15(21)10-14(11-18-20)19-13-6-5-7-13/h10-11,13,19H,3-9H2,1-2H3. The summed E-state index contributed by atoms with van der Waals surface area (Å²) in [5.74, 6) is 0. The summed E-state index contributed by atoms with van der Waals surface area (Å²) in [6.45, 7) is 4.50. The lowest BCUT2D eigenvalue weighted by atomic mass is 9.89. The predicted octanol–water partition coefficient (Wildman–Crippen LogP) is 2.93. The highest BCUT2D eigenvalue weighted by molar-refractivity contribution is 5.40. The van der Waals surface area contributed by atoms with E-state index in [2.05, 4.69) is 16.5 Å². The molecule has 1 saturated carbocycles. The molecule has 0 bridgehead atoms. The minimum atomic E-state index is -0.283. The Hall–Kier alpha value is -1.83. The van der Waals surface area contributed by atoms with Crippen LogP contribution in [-0.4, -0.2) is 15.8 Å². The number of rotatable bonds is 7. The highest BCUT2D eigenvalue weighted by Crippen LogP contribution is 2.22. The van der Waals surface area contributed by atoms with Crippen molar-refractivity contribution in [2.24, 2.45) is 5.41 Å². The number of nitriles is 1. The summed E-state index contributed by atoms with van der Waals surface area (Å²) < 4.78 is 1.51. The average molecular weight is 288 g/mol. The summed E-state index contributed by atoms with van der Waals surface area (Å²) in [7, 11) is 0. The van der Waals surface area contributed by atoms with Crippen LogP contribution in [0.15, 0.2) is 17.1 Å². The molecule has 0 amide bonds. The Kier molecular flexibility index (Phi) is 5.00. The number of nitrogens with one attached hydrogen (secondary N) is 1. The van der Waals surface area contributed by atoms with E-state index in [-0.39, 0.29) is 11.0 Å². The number of aromatic nitrogens is 2. The average Bonchev–Trinajstić information content (AvgIpc) is 2.41. The van der Waals surface area contributed by atoms with Gasteiger partial charge in [0.2, 0.25) is 0 Å². The van der Waals surface area contributed by atoms with Gasteiger partial charge in [-0.2, -0.15) is 10.4 Å². The van der Waals surface area contributed by atoms with Crippen molar-refractivity contribution in [2.75, 3.05) is 5.32 Å². The topological polar surface area (TPSA) is 70.7 Å². The van der Waals surface area contributed by atoms with Gasteiger partial charge in [-0.3, -0.25) is 4.79 Å². The molecule has 0 aliphatic heterocycles. The first kappa shape index (κ1) is 15.6. The Morgan fingerprint density at radius 3 is 2.81 bits per heavy atom. The molecule has 5 nitrogen and oxygen atoms in total. The van der Waals surface area contributed by atoms with Gasteiger partial charge in [-0.25, -0.2) is 4.68 Å². The number of unbranched alkanes of at least 4 members (excludes halogenated alkanes) is 1. The normalized spacial score (nSPS) is 15.3. The van der Waals surface area contributed by atoms with Crippen LogP contribution in [0.3, 0.4) is 0 Å². The molecule has 0 saturated heterocycles. The third-order valence-corrected chi connectivity index (χ3v) is 4.07. The van der Waals surface area contributed by atoms with E-state index in [1.807, 2.05) is 13.8 Å². The molecule has 0 unspecified atom stereocenters. The second kappa shape index (κ2) is 6.75. The van der Waals surface area contributed by atoms with Crippen molar-refractivity contribution in [3.05, 3.63) is 22.6 Å². The molecule has 1 heterocycles. The monoisotopic (exact) mass is 288 g/mol. The fraction of sp³-hybridized carbons (Fsp3) is 0.688. The van der Waals surface area contributed by atoms with Crippen molar-refractivity contribution in [1.82, 2.24) is 9.78 Å². The zero-order chi connectivity index (χ0) is 15.3. The summed E-state index contributed by atoms with van der Waals surface area (Å²) in [6.07, 6.45) is 8.00. The molecule has 1 N–H and O–H groups in total. The maximum absolute atomic E-state index is 12.0. The first-order valence-corrected chi connectivity index (χ1v) is 7.75. The zero-order valence-electron chi connectivity index (χ0n) is 12.9. The van der Waals surface area contributed by atoms with Gasteiger partial charge in [-0.1, -0.05) is 6.42 Å². The predicted molar refractivity (Wildman–Crippen MR) is 83.0 cm³/mol. The van der Waals surface area contributed by atoms with E-state index in [1.165, 1.54) is 23.9 Å². The van der Waals surface area contributed by atoms with E-state index in [4.69, 9.17) is 5.26 Å². The van der Waals surface area contributed by atoms with Crippen LogP contribution in [0.1, 0.15) is 52.4 Å². The van der Waals surface area contributed by atoms with Crippen molar-refractivity contribution < 1.29 is 0 Å². The van der Waals surface area contributed by atoms with E-state index in [0.717, 1.165) is 24.9 Å². The van der Waals surface area contributed by atoms with Crippen LogP contribution in [0.2, 0.25) is 0 Å². The fourth-order valence-electron chi connectivity index (χ4n) is 2.35. The van der Waals surface area contributed by atoms with Crippen LogP contribution in [0, 0.1) is 16.7 Å². The lowest BCUT2D eigenvalue weighted by Crippen LogP contribution is -2.29. The molecule has 1 aliphatic rings. The molecule has 0 atom stereocenters. The van der Waals surface area contributed by atoms with Gasteiger partial charge in [0.15, 0.2) is 0 Å². The van der Waals surface area contributed by atoms with Gasteiger partial charge in [0.05, 0.1) is 23.4 Å². The maximum Gasteiger partial charge on any atom is 0.268 e. The number of anilines is 1. The van der Waals surface area contributed by atoms with Gasteiger partial charge >= 0.3 is 0 Å². The molecule has 2 rings (SSSR count). The minimum Gasteiger partial charge on any atom is -0.381 e. The first-order chi connectivity index (χ1) is 10.00. The molecule has 0 radical (unpaired) electrons. The quantitative estimate of drug-likeness (QED) is 0.783. The smallest absolute Gasteiger partial charge is 0.268 e. The molecule has 114 valence electrons. The largest absolute Gasteiger partial charge is 0.381 e. The summed E-state index contributed by atoms with van der Waals surface area (Å²) in [4.78, 5) is 12.0. The summed E-state index contributed by atoms with van der Waals surface area (Å²) in [5.41, 5.74) is 0.486. The van der Waals surface area contributed by atoms with E-state index in [9.17, 15) is 4.79 Å². The Balaban J connectivity index is 1.81. The van der Waals surface area contributed by atoms with Gasteiger partial charge in [-0.05, 0) is 46.0 Å². The van der Waals surface area contributed by atoms with Gasteiger partial charge in [0, 0.05) is 18.7 Å². The number of aryl methyl sites for hydroxylation is 1. The number of nitrogens with zero attached hydrogens (tertiary/aromatic N) is 3. The molecule has 5 heteroatoms. The molecule has 21 heavy (non-hydrogen) atoms. The van der Waals surface area contributed by atoms with Crippen LogP contribution in [0.25, 0.3) is 0 Å². The molecule has 0 aromatic carbocycles.